The number of hydrogen-bond acceptors (Lipinski definition) is 2. The number of hydrogen-bond donors (Lipinski definition) is 1. The van der Waals surface area contributed by atoms with Crippen molar-refractivity contribution in [2.75, 3.05) is 7.11 Å². The lowest BCUT2D eigenvalue weighted by Crippen LogP contribution is -2.20. The third-order valence-electron chi connectivity index (χ3n) is 3.56. The molecule has 0 spiro atoms. The quantitative estimate of drug-likeness (QED) is 0.877. The second-order valence-electron chi connectivity index (χ2n) is 4.67. The lowest BCUT2D eigenvalue weighted by molar-refractivity contribution is 0.110. The Bertz CT molecular complexity index is 384. The van der Waals surface area contributed by atoms with Crippen molar-refractivity contribution in [3.63, 3.8) is 0 Å². The van der Waals surface area contributed by atoms with Crippen LogP contribution in [0.5, 0.6) is 5.75 Å². The normalized spacial score (nSPS) is 19.2. The van der Waals surface area contributed by atoms with Crippen LogP contribution < -0.4 is 4.74 Å². The molecule has 3 heteroatoms. The first kappa shape index (κ1) is 11.7. The number of rotatable bonds is 4. The summed E-state index contributed by atoms with van der Waals surface area (Å²) in [4.78, 5) is 0. The molecule has 0 aromatic heterocycles. The molecule has 1 aromatic carbocycles. The molecule has 0 heterocycles. The Morgan fingerprint density at radius 1 is 1.50 bits per heavy atom. The van der Waals surface area contributed by atoms with Gasteiger partial charge in [-0.2, -0.15) is 0 Å². The van der Waals surface area contributed by atoms with Gasteiger partial charge in [0.05, 0.1) is 13.2 Å². The summed E-state index contributed by atoms with van der Waals surface area (Å²) in [6, 6.07) is 5.64. The van der Waals surface area contributed by atoms with Gasteiger partial charge in [0.2, 0.25) is 0 Å². The van der Waals surface area contributed by atoms with E-state index in [-0.39, 0.29) is 11.5 Å². The van der Waals surface area contributed by atoms with Gasteiger partial charge in [-0.1, -0.05) is 11.6 Å². The first-order chi connectivity index (χ1) is 7.57. The number of aliphatic hydroxyl groups is 1. The highest BCUT2D eigenvalue weighted by atomic mass is 35.5. The minimum Gasteiger partial charge on any atom is -0.496 e. The summed E-state index contributed by atoms with van der Waals surface area (Å²) in [5.74, 6) is 0.858. The highest BCUT2D eigenvalue weighted by Gasteiger charge is 2.47. The van der Waals surface area contributed by atoms with Gasteiger partial charge in [-0.3, -0.25) is 0 Å². The Morgan fingerprint density at radius 2 is 2.19 bits per heavy atom. The molecule has 1 saturated carbocycles. The predicted molar refractivity (Wildman–Crippen MR) is 65.1 cm³/mol. The second-order valence-corrected chi connectivity index (χ2v) is 5.11. The predicted octanol–water partition coefficient (Wildman–Crippen LogP) is 3.05. The highest BCUT2D eigenvalue weighted by Crippen LogP contribution is 2.52. The number of halogens is 1. The van der Waals surface area contributed by atoms with Crippen LogP contribution in [0.15, 0.2) is 18.2 Å². The van der Waals surface area contributed by atoms with Crippen molar-refractivity contribution in [3.8, 4) is 5.75 Å². The van der Waals surface area contributed by atoms with E-state index in [1.165, 1.54) is 0 Å². The standard InChI is InChI=1S/C13H17ClO2/c1-9(15)13(5-6-13)8-10-7-11(14)3-4-12(10)16-2/h3-4,7,9,15H,5-6,8H2,1-2H3. The molecule has 0 radical (unpaired) electrons. The van der Waals surface area contributed by atoms with E-state index in [1.54, 1.807) is 7.11 Å². The average molecular weight is 241 g/mol. The Balaban J connectivity index is 2.23. The van der Waals surface area contributed by atoms with Gasteiger partial charge in [0.15, 0.2) is 0 Å². The van der Waals surface area contributed by atoms with Gasteiger partial charge in [0.1, 0.15) is 5.75 Å². The van der Waals surface area contributed by atoms with E-state index in [0.29, 0.717) is 0 Å². The number of ether oxygens (including phenoxy) is 1. The van der Waals surface area contributed by atoms with Gasteiger partial charge in [-0.25, -0.2) is 0 Å². The molecule has 1 N–H and O–H groups in total. The van der Waals surface area contributed by atoms with E-state index in [2.05, 4.69) is 0 Å². The van der Waals surface area contributed by atoms with Gasteiger partial charge in [0, 0.05) is 10.4 Å². The molecule has 1 aliphatic carbocycles. The molecule has 2 rings (SSSR count). The lowest BCUT2D eigenvalue weighted by atomic mass is 9.91. The van der Waals surface area contributed by atoms with Crippen molar-refractivity contribution in [2.24, 2.45) is 5.41 Å². The monoisotopic (exact) mass is 240 g/mol. The van der Waals surface area contributed by atoms with Crippen LogP contribution in [0.2, 0.25) is 5.02 Å². The van der Waals surface area contributed by atoms with Crippen LogP contribution >= 0.6 is 11.6 Å². The van der Waals surface area contributed by atoms with Crippen LogP contribution in [0.1, 0.15) is 25.3 Å². The number of benzene rings is 1. The fraction of sp³-hybridized carbons (Fsp3) is 0.538. The van der Waals surface area contributed by atoms with Crippen molar-refractivity contribution >= 4 is 11.6 Å². The molecule has 1 unspecified atom stereocenters. The molecule has 16 heavy (non-hydrogen) atoms. The van der Waals surface area contributed by atoms with E-state index < -0.39 is 0 Å². The fourth-order valence-corrected chi connectivity index (χ4v) is 2.36. The summed E-state index contributed by atoms with van der Waals surface area (Å²) in [5, 5.41) is 10.5. The smallest absolute Gasteiger partial charge is 0.122 e. The first-order valence-corrected chi connectivity index (χ1v) is 5.96. The Morgan fingerprint density at radius 3 is 2.69 bits per heavy atom. The molecule has 1 atom stereocenters. The lowest BCUT2D eigenvalue weighted by Gasteiger charge is -2.20. The topological polar surface area (TPSA) is 29.5 Å². The van der Waals surface area contributed by atoms with Crippen molar-refractivity contribution in [1.29, 1.82) is 0 Å². The van der Waals surface area contributed by atoms with Gasteiger partial charge in [-0.15, -0.1) is 0 Å². The van der Waals surface area contributed by atoms with Gasteiger partial charge in [0.25, 0.3) is 0 Å². The van der Waals surface area contributed by atoms with E-state index >= 15 is 0 Å². The fourth-order valence-electron chi connectivity index (χ4n) is 2.17. The highest BCUT2D eigenvalue weighted by molar-refractivity contribution is 6.30. The van der Waals surface area contributed by atoms with Crippen molar-refractivity contribution in [3.05, 3.63) is 28.8 Å². The average Bonchev–Trinajstić information content (AvgIpc) is 2.99. The van der Waals surface area contributed by atoms with Gasteiger partial charge >= 0.3 is 0 Å². The molecule has 0 aliphatic heterocycles. The Hall–Kier alpha value is -0.730. The van der Waals surface area contributed by atoms with E-state index in [4.69, 9.17) is 16.3 Å². The maximum atomic E-state index is 9.76. The molecule has 1 aliphatic rings. The van der Waals surface area contributed by atoms with Crippen molar-refractivity contribution in [1.82, 2.24) is 0 Å². The third-order valence-corrected chi connectivity index (χ3v) is 3.80. The van der Waals surface area contributed by atoms with Crippen LogP contribution in [0.25, 0.3) is 0 Å². The molecule has 1 aromatic rings. The third kappa shape index (κ3) is 2.18. The molecule has 0 bridgehead atoms. The van der Waals surface area contributed by atoms with Crippen molar-refractivity contribution < 1.29 is 9.84 Å². The van der Waals surface area contributed by atoms with Crippen LogP contribution in [0, 0.1) is 5.41 Å². The van der Waals surface area contributed by atoms with E-state index in [1.807, 2.05) is 25.1 Å². The maximum absolute atomic E-state index is 9.76. The van der Waals surface area contributed by atoms with Crippen LogP contribution in [-0.4, -0.2) is 18.3 Å². The molecule has 2 nitrogen and oxygen atoms in total. The summed E-state index contributed by atoms with van der Waals surface area (Å²) in [6.45, 7) is 1.87. The van der Waals surface area contributed by atoms with Crippen LogP contribution in [0.3, 0.4) is 0 Å². The van der Waals surface area contributed by atoms with Gasteiger partial charge in [-0.05, 0) is 49.9 Å². The zero-order valence-electron chi connectivity index (χ0n) is 9.66. The SMILES string of the molecule is COc1ccc(Cl)cc1CC1(C(C)O)CC1. The number of methoxy groups -OCH3 is 1. The maximum Gasteiger partial charge on any atom is 0.122 e. The van der Waals surface area contributed by atoms with E-state index in [9.17, 15) is 5.11 Å². The summed E-state index contributed by atoms with van der Waals surface area (Å²) >= 11 is 5.98. The summed E-state index contributed by atoms with van der Waals surface area (Å²) < 4.78 is 5.31. The largest absolute Gasteiger partial charge is 0.496 e. The Labute approximate surface area is 101 Å². The number of aliphatic hydroxyl groups excluding tert-OH is 1. The Kier molecular flexibility index (Phi) is 3.13. The molecular weight excluding hydrogens is 224 g/mol. The molecule has 88 valence electrons. The zero-order chi connectivity index (χ0) is 11.8. The zero-order valence-corrected chi connectivity index (χ0v) is 10.4. The molecule has 0 saturated heterocycles. The van der Waals surface area contributed by atoms with Crippen LogP contribution in [0.4, 0.5) is 0 Å². The first-order valence-electron chi connectivity index (χ1n) is 5.58. The summed E-state index contributed by atoms with van der Waals surface area (Å²) in [6.07, 6.45) is 2.74. The molecule has 0 amide bonds. The van der Waals surface area contributed by atoms with Crippen molar-refractivity contribution in [2.45, 2.75) is 32.3 Å². The molecular formula is C13H17ClO2. The minimum atomic E-state index is -0.267. The molecule has 1 fully saturated rings. The second kappa shape index (κ2) is 4.27. The van der Waals surface area contributed by atoms with Crippen LogP contribution in [-0.2, 0) is 6.42 Å². The van der Waals surface area contributed by atoms with Gasteiger partial charge < -0.3 is 9.84 Å². The summed E-state index contributed by atoms with van der Waals surface area (Å²) in [7, 11) is 1.66. The van der Waals surface area contributed by atoms with E-state index in [0.717, 1.165) is 35.6 Å². The summed E-state index contributed by atoms with van der Waals surface area (Å²) in [5.41, 5.74) is 1.14. The minimum absolute atomic E-state index is 0.0535.